The fourth-order valence-corrected chi connectivity index (χ4v) is 7.94. The van der Waals surface area contributed by atoms with Gasteiger partial charge >= 0.3 is 0 Å². The van der Waals surface area contributed by atoms with Crippen molar-refractivity contribution < 1.29 is 27.1 Å². The van der Waals surface area contributed by atoms with Gasteiger partial charge in [-0.15, -0.1) is 4.28 Å². The van der Waals surface area contributed by atoms with Crippen LogP contribution in [0.1, 0.15) is 60.7 Å². The van der Waals surface area contributed by atoms with Crippen molar-refractivity contribution in [3.05, 3.63) is 59.7 Å². The highest BCUT2D eigenvalue weighted by Gasteiger charge is 2.65. The molecule has 2 atom stereocenters. The number of hydrogen-bond donors (Lipinski definition) is 0. The van der Waals surface area contributed by atoms with Gasteiger partial charge in [-0.1, -0.05) is 37.7 Å². The summed E-state index contributed by atoms with van der Waals surface area (Å²) in [7, 11) is -2.91. The van der Waals surface area contributed by atoms with Crippen molar-refractivity contribution in [2.24, 2.45) is 16.7 Å². The molecule has 2 saturated carbocycles. The Hall–Kier alpha value is -2.49. The SMILES string of the molecule is CC(=O)c1ccc(Sc2ccc(C(=O)N(C)OS(=O)(=O)CC34CCC(CC3=O)C4(C)C)cc2)cc1. The minimum Gasteiger partial charge on any atom is -0.299 e. The summed E-state index contributed by atoms with van der Waals surface area (Å²) in [5, 5.41) is 0.716. The number of amides is 1. The molecule has 9 heteroatoms. The number of benzene rings is 2. The fourth-order valence-electron chi connectivity index (χ4n) is 5.38. The molecule has 0 radical (unpaired) electrons. The zero-order valence-electron chi connectivity index (χ0n) is 20.2. The number of ketones is 2. The first-order valence-corrected chi connectivity index (χ1v) is 13.9. The lowest BCUT2D eigenvalue weighted by Crippen LogP contribution is -2.44. The van der Waals surface area contributed by atoms with E-state index in [-0.39, 0.29) is 23.0 Å². The molecule has 4 rings (SSSR count). The summed E-state index contributed by atoms with van der Waals surface area (Å²) in [4.78, 5) is 38.7. The van der Waals surface area contributed by atoms with Crippen LogP contribution in [-0.4, -0.2) is 43.8 Å². The van der Waals surface area contributed by atoms with Gasteiger partial charge in [-0.05, 0) is 67.5 Å². The van der Waals surface area contributed by atoms with Crippen molar-refractivity contribution in [2.45, 2.75) is 49.8 Å². The summed E-state index contributed by atoms with van der Waals surface area (Å²) in [6, 6.07) is 14.0. The lowest BCUT2D eigenvalue weighted by Gasteiger charge is -2.36. The van der Waals surface area contributed by atoms with E-state index in [0.717, 1.165) is 16.2 Å². The standard InChI is InChI=1S/C26H29NO6S2/c1-17(28)18-5-9-21(10-6-18)34-22-11-7-19(8-12-22)24(30)27(4)33-35(31,32)16-26-14-13-20(15-23(26)29)25(26,2)3/h5-12,20H,13-16H2,1-4H3. The van der Waals surface area contributed by atoms with Crippen molar-refractivity contribution in [3.63, 3.8) is 0 Å². The van der Waals surface area contributed by atoms with Gasteiger partial charge in [0.15, 0.2) is 5.78 Å². The third-order valence-electron chi connectivity index (χ3n) is 7.67. The molecule has 2 aromatic rings. The molecule has 2 fully saturated rings. The molecule has 2 unspecified atom stereocenters. The Labute approximate surface area is 210 Å². The number of nitrogens with zero attached hydrogens (tertiary/aromatic N) is 1. The van der Waals surface area contributed by atoms with Gasteiger partial charge in [0.25, 0.3) is 16.0 Å². The zero-order chi connectivity index (χ0) is 25.6. The van der Waals surface area contributed by atoms with E-state index in [1.807, 2.05) is 26.0 Å². The molecule has 0 N–H and O–H groups in total. The highest BCUT2D eigenvalue weighted by Crippen LogP contribution is 2.64. The molecular weight excluding hydrogens is 486 g/mol. The Kier molecular flexibility index (Phi) is 6.72. The number of fused-ring (bicyclic) bond motifs is 2. The minimum absolute atomic E-state index is 0.00316. The fraction of sp³-hybridized carbons (Fsp3) is 0.423. The molecule has 0 heterocycles. The van der Waals surface area contributed by atoms with Crippen LogP contribution in [0.2, 0.25) is 0 Å². The second kappa shape index (κ2) is 9.19. The second-order valence-corrected chi connectivity index (χ2v) is 12.7. The van der Waals surface area contributed by atoms with Gasteiger partial charge in [0.1, 0.15) is 5.78 Å². The zero-order valence-corrected chi connectivity index (χ0v) is 21.9. The molecule has 2 aliphatic carbocycles. The summed E-state index contributed by atoms with van der Waals surface area (Å²) in [5.74, 6) is -0.854. The highest BCUT2D eigenvalue weighted by atomic mass is 32.2. The molecule has 0 spiro atoms. The lowest BCUT2D eigenvalue weighted by molar-refractivity contribution is -0.128. The van der Waals surface area contributed by atoms with Gasteiger partial charge in [0.2, 0.25) is 0 Å². The van der Waals surface area contributed by atoms with Crippen LogP contribution in [0.15, 0.2) is 58.3 Å². The van der Waals surface area contributed by atoms with Crippen LogP contribution >= 0.6 is 11.8 Å². The summed E-state index contributed by atoms with van der Waals surface area (Å²) >= 11 is 1.48. The van der Waals surface area contributed by atoms with Crippen molar-refractivity contribution in [1.82, 2.24) is 5.06 Å². The molecule has 0 saturated heterocycles. The van der Waals surface area contributed by atoms with Crippen molar-refractivity contribution in [2.75, 3.05) is 12.8 Å². The molecule has 35 heavy (non-hydrogen) atoms. The third kappa shape index (κ3) is 4.81. The molecule has 0 aliphatic heterocycles. The van der Waals surface area contributed by atoms with E-state index in [1.54, 1.807) is 36.4 Å². The average molecular weight is 516 g/mol. The Bertz CT molecular complexity index is 1270. The van der Waals surface area contributed by atoms with Crippen LogP contribution in [0.4, 0.5) is 0 Å². The van der Waals surface area contributed by atoms with Crippen molar-refractivity contribution in [3.8, 4) is 0 Å². The normalized spacial score (nSPS) is 22.9. The minimum atomic E-state index is -4.17. The molecule has 2 bridgehead atoms. The maximum atomic E-state index is 12.9. The Morgan fingerprint density at radius 3 is 2.03 bits per heavy atom. The first kappa shape index (κ1) is 25.6. The molecule has 1 amide bonds. The van der Waals surface area contributed by atoms with Crippen molar-refractivity contribution >= 4 is 39.4 Å². The van der Waals surface area contributed by atoms with E-state index in [1.165, 1.54) is 25.7 Å². The number of hydrogen-bond acceptors (Lipinski definition) is 7. The topological polar surface area (TPSA) is 97.8 Å². The van der Waals surface area contributed by atoms with Crippen molar-refractivity contribution in [1.29, 1.82) is 0 Å². The van der Waals surface area contributed by atoms with Gasteiger partial charge in [0, 0.05) is 34.4 Å². The van der Waals surface area contributed by atoms with Crippen LogP contribution < -0.4 is 0 Å². The number of carbonyl (C=O) groups excluding carboxylic acids is 3. The lowest BCUT2D eigenvalue weighted by atomic mass is 9.70. The van der Waals surface area contributed by atoms with Gasteiger partial charge < -0.3 is 0 Å². The first-order chi connectivity index (χ1) is 16.3. The van der Waals surface area contributed by atoms with E-state index in [2.05, 4.69) is 0 Å². The molecule has 0 aromatic heterocycles. The van der Waals surface area contributed by atoms with Crippen LogP contribution in [0.5, 0.6) is 0 Å². The summed E-state index contributed by atoms with van der Waals surface area (Å²) in [6.45, 7) is 5.43. The van der Waals surface area contributed by atoms with E-state index in [9.17, 15) is 22.8 Å². The third-order valence-corrected chi connectivity index (χ3v) is 9.98. The second-order valence-electron chi connectivity index (χ2n) is 9.95. The molecular formula is C26H29NO6S2. The monoisotopic (exact) mass is 515 g/mol. The van der Waals surface area contributed by atoms with Crippen LogP contribution in [-0.2, 0) is 19.2 Å². The predicted octanol–water partition coefficient (Wildman–Crippen LogP) is 4.77. The van der Waals surface area contributed by atoms with Gasteiger partial charge in [0.05, 0.1) is 11.2 Å². The van der Waals surface area contributed by atoms with E-state index >= 15 is 0 Å². The van der Waals surface area contributed by atoms with Gasteiger partial charge in [-0.2, -0.15) is 8.42 Å². The largest absolute Gasteiger partial charge is 0.299 e. The van der Waals surface area contributed by atoms with E-state index < -0.39 is 32.6 Å². The number of hydroxylamine groups is 2. The average Bonchev–Trinajstić information content (AvgIpc) is 3.13. The number of Topliss-reactive ketones (excluding diaryl/α,β-unsaturated/α-hetero) is 2. The Morgan fingerprint density at radius 2 is 1.57 bits per heavy atom. The highest BCUT2D eigenvalue weighted by molar-refractivity contribution is 7.99. The Balaban J connectivity index is 1.40. The smallest absolute Gasteiger partial charge is 0.289 e. The van der Waals surface area contributed by atoms with E-state index in [0.29, 0.717) is 23.5 Å². The van der Waals surface area contributed by atoms with Gasteiger partial charge in [-0.25, -0.2) is 5.06 Å². The summed E-state index contributed by atoms with van der Waals surface area (Å²) in [6.07, 6.45) is 1.76. The molecule has 7 nitrogen and oxygen atoms in total. The number of carbonyl (C=O) groups is 3. The molecule has 186 valence electrons. The molecule has 2 aromatic carbocycles. The number of rotatable bonds is 8. The van der Waals surface area contributed by atoms with Crippen LogP contribution in [0, 0.1) is 16.7 Å². The maximum Gasteiger partial charge on any atom is 0.289 e. The summed E-state index contributed by atoms with van der Waals surface area (Å²) in [5.41, 5.74) is -0.456. The quantitative estimate of drug-likeness (QED) is 0.369. The predicted molar refractivity (Wildman–Crippen MR) is 133 cm³/mol. The Morgan fingerprint density at radius 1 is 1.03 bits per heavy atom. The van der Waals surface area contributed by atoms with E-state index in [4.69, 9.17) is 4.28 Å². The maximum absolute atomic E-state index is 12.9. The van der Waals surface area contributed by atoms with Crippen LogP contribution in [0.25, 0.3) is 0 Å². The van der Waals surface area contributed by atoms with Gasteiger partial charge in [-0.3, -0.25) is 14.4 Å². The van der Waals surface area contributed by atoms with Crippen LogP contribution in [0.3, 0.4) is 0 Å². The molecule has 2 aliphatic rings. The first-order valence-electron chi connectivity index (χ1n) is 11.5. The summed E-state index contributed by atoms with van der Waals surface area (Å²) < 4.78 is 30.9.